The minimum atomic E-state index is -0.345. The SMILES string of the molecule is COC(=O)[C@H]1CC1C(=O)Nc1cc2cc(-c3ccccc3OC)n(C)c2cn1. The smallest absolute Gasteiger partial charge is 0.309 e. The lowest BCUT2D eigenvalue weighted by Crippen LogP contribution is -2.18. The zero-order valence-corrected chi connectivity index (χ0v) is 15.9. The summed E-state index contributed by atoms with van der Waals surface area (Å²) in [6.07, 6.45) is 2.25. The molecule has 1 N–H and O–H groups in total. The summed E-state index contributed by atoms with van der Waals surface area (Å²) in [6, 6.07) is 11.7. The Labute approximate surface area is 162 Å². The molecule has 0 saturated heterocycles. The number of benzene rings is 1. The predicted molar refractivity (Wildman–Crippen MR) is 105 cm³/mol. The van der Waals surface area contributed by atoms with Gasteiger partial charge < -0.3 is 19.4 Å². The summed E-state index contributed by atoms with van der Waals surface area (Å²) >= 11 is 0. The van der Waals surface area contributed by atoms with Gasteiger partial charge in [0.2, 0.25) is 5.91 Å². The quantitative estimate of drug-likeness (QED) is 0.689. The third-order valence-corrected chi connectivity index (χ3v) is 5.19. The summed E-state index contributed by atoms with van der Waals surface area (Å²) in [6.45, 7) is 0. The Balaban J connectivity index is 1.60. The van der Waals surface area contributed by atoms with E-state index < -0.39 is 0 Å². The van der Waals surface area contributed by atoms with Crippen LogP contribution in [0.4, 0.5) is 5.82 Å². The third kappa shape index (κ3) is 3.09. The lowest BCUT2D eigenvalue weighted by atomic mass is 10.1. The van der Waals surface area contributed by atoms with Crippen LogP contribution in [0.1, 0.15) is 6.42 Å². The molecule has 1 fully saturated rings. The number of pyridine rings is 1. The van der Waals surface area contributed by atoms with Crippen LogP contribution in [0.15, 0.2) is 42.6 Å². The number of aromatic nitrogens is 2. The van der Waals surface area contributed by atoms with Crippen molar-refractivity contribution < 1.29 is 19.1 Å². The van der Waals surface area contributed by atoms with Crippen molar-refractivity contribution in [3.05, 3.63) is 42.6 Å². The van der Waals surface area contributed by atoms with Gasteiger partial charge in [-0.1, -0.05) is 12.1 Å². The van der Waals surface area contributed by atoms with Crippen molar-refractivity contribution in [1.82, 2.24) is 9.55 Å². The normalized spacial score (nSPS) is 18.0. The van der Waals surface area contributed by atoms with Gasteiger partial charge in [0.25, 0.3) is 0 Å². The first kappa shape index (κ1) is 18.0. The zero-order chi connectivity index (χ0) is 19.8. The summed E-state index contributed by atoms with van der Waals surface area (Å²) < 4.78 is 12.2. The number of esters is 1. The molecule has 7 heteroatoms. The molecule has 1 amide bonds. The van der Waals surface area contributed by atoms with Crippen molar-refractivity contribution in [2.75, 3.05) is 19.5 Å². The van der Waals surface area contributed by atoms with Crippen molar-refractivity contribution in [3.63, 3.8) is 0 Å². The number of nitrogens with zero attached hydrogens (tertiary/aromatic N) is 2. The molecule has 2 atom stereocenters. The van der Waals surface area contributed by atoms with Gasteiger partial charge >= 0.3 is 5.97 Å². The standard InChI is InChI=1S/C21H21N3O4/c1-24-16(13-6-4-5-7-18(13)27-2)8-12-9-19(22-11-17(12)24)23-20(25)14-10-15(14)21(26)28-3/h4-9,11,14-15H,10H2,1-3H3,(H,22,23,25)/t14?,15-/m0/s1. The van der Waals surface area contributed by atoms with Crippen molar-refractivity contribution in [1.29, 1.82) is 0 Å². The second kappa shape index (κ2) is 6.99. The first-order valence-corrected chi connectivity index (χ1v) is 9.01. The maximum absolute atomic E-state index is 12.3. The topological polar surface area (TPSA) is 82.5 Å². The lowest BCUT2D eigenvalue weighted by Gasteiger charge is -2.09. The monoisotopic (exact) mass is 379 g/mol. The molecule has 3 aromatic rings. The Morgan fingerprint density at radius 1 is 1.18 bits per heavy atom. The van der Waals surface area contributed by atoms with Gasteiger partial charge in [-0.15, -0.1) is 0 Å². The average Bonchev–Trinajstić information content (AvgIpc) is 3.46. The summed E-state index contributed by atoms with van der Waals surface area (Å²) in [5.74, 6) is 0.0198. The minimum Gasteiger partial charge on any atom is -0.496 e. The van der Waals surface area contributed by atoms with Gasteiger partial charge in [-0.05, 0) is 30.7 Å². The molecule has 0 spiro atoms. The number of fused-ring (bicyclic) bond motifs is 1. The second-order valence-corrected chi connectivity index (χ2v) is 6.88. The van der Waals surface area contributed by atoms with Crippen LogP contribution in [-0.4, -0.2) is 35.6 Å². The maximum atomic E-state index is 12.3. The van der Waals surface area contributed by atoms with Crippen molar-refractivity contribution >= 4 is 28.6 Å². The molecular formula is C21H21N3O4. The molecule has 2 aromatic heterocycles. The molecule has 0 bridgehead atoms. The van der Waals surface area contributed by atoms with Crippen LogP contribution < -0.4 is 10.1 Å². The molecule has 1 aromatic carbocycles. The maximum Gasteiger partial charge on any atom is 0.309 e. The van der Waals surface area contributed by atoms with E-state index in [0.717, 1.165) is 27.9 Å². The van der Waals surface area contributed by atoms with Crippen LogP contribution in [0.25, 0.3) is 22.2 Å². The summed E-state index contributed by atoms with van der Waals surface area (Å²) in [5, 5.41) is 3.76. The number of nitrogens with one attached hydrogen (secondary N) is 1. The van der Waals surface area contributed by atoms with Crippen LogP contribution in [0.2, 0.25) is 0 Å². The molecule has 4 rings (SSSR count). The molecule has 144 valence electrons. The van der Waals surface area contributed by atoms with Gasteiger partial charge in [-0.3, -0.25) is 9.59 Å². The molecule has 28 heavy (non-hydrogen) atoms. The molecule has 1 aliphatic rings. The number of aryl methyl sites for hydroxylation is 1. The molecule has 1 aliphatic carbocycles. The van der Waals surface area contributed by atoms with Gasteiger partial charge in [0.1, 0.15) is 11.6 Å². The van der Waals surface area contributed by atoms with Crippen molar-refractivity contribution in [2.24, 2.45) is 18.9 Å². The number of anilines is 1. The van der Waals surface area contributed by atoms with Crippen LogP contribution in [0, 0.1) is 11.8 Å². The van der Waals surface area contributed by atoms with Crippen molar-refractivity contribution in [3.8, 4) is 17.0 Å². The van der Waals surface area contributed by atoms with Crippen LogP contribution in [0.5, 0.6) is 5.75 Å². The number of rotatable bonds is 5. The third-order valence-electron chi connectivity index (χ3n) is 5.19. The molecule has 1 saturated carbocycles. The van der Waals surface area contributed by atoms with E-state index in [1.165, 1.54) is 7.11 Å². The lowest BCUT2D eigenvalue weighted by molar-refractivity contribution is -0.143. The highest BCUT2D eigenvalue weighted by molar-refractivity contribution is 5.99. The zero-order valence-electron chi connectivity index (χ0n) is 15.9. The highest BCUT2D eigenvalue weighted by atomic mass is 16.5. The van der Waals surface area contributed by atoms with Gasteiger partial charge in [0.05, 0.1) is 43.5 Å². The molecule has 1 unspecified atom stereocenters. The van der Waals surface area contributed by atoms with E-state index in [1.54, 1.807) is 13.3 Å². The number of methoxy groups -OCH3 is 2. The summed E-state index contributed by atoms with van der Waals surface area (Å²) in [5.41, 5.74) is 2.91. The largest absolute Gasteiger partial charge is 0.496 e. The highest BCUT2D eigenvalue weighted by Gasteiger charge is 2.49. The summed E-state index contributed by atoms with van der Waals surface area (Å²) in [7, 11) is 4.95. The van der Waals surface area contributed by atoms with Gasteiger partial charge in [0.15, 0.2) is 0 Å². The van der Waals surface area contributed by atoms with E-state index in [2.05, 4.69) is 10.3 Å². The fraction of sp³-hybridized carbons (Fsp3) is 0.286. The minimum absolute atomic E-state index is 0.205. The molecule has 0 radical (unpaired) electrons. The van der Waals surface area contributed by atoms with Crippen LogP contribution >= 0.6 is 0 Å². The first-order valence-electron chi connectivity index (χ1n) is 9.01. The van der Waals surface area contributed by atoms with E-state index in [0.29, 0.717) is 12.2 Å². The van der Waals surface area contributed by atoms with Crippen molar-refractivity contribution in [2.45, 2.75) is 6.42 Å². The van der Waals surface area contributed by atoms with E-state index >= 15 is 0 Å². The number of hydrogen-bond acceptors (Lipinski definition) is 5. The Kier molecular flexibility index (Phi) is 4.50. The molecule has 0 aliphatic heterocycles. The second-order valence-electron chi connectivity index (χ2n) is 6.88. The Hall–Kier alpha value is -3.35. The fourth-order valence-electron chi connectivity index (χ4n) is 3.53. The Morgan fingerprint density at radius 2 is 1.96 bits per heavy atom. The van der Waals surface area contributed by atoms with Gasteiger partial charge in [0, 0.05) is 18.0 Å². The summed E-state index contributed by atoms with van der Waals surface area (Å²) in [4.78, 5) is 28.2. The van der Waals surface area contributed by atoms with Crippen LogP contribution in [0.3, 0.4) is 0 Å². The van der Waals surface area contributed by atoms with Crippen LogP contribution in [-0.2, 0) is 21.4 Å². The number of para-hydroxylation sites is 1. The Bertz CT molecular complexity index is 1070. The number of carbonyl (C=O) groups is 2. The van der Waals surface area contributed by atoms with Gasteiger partial charge in [-0.2, -0.15) is 0 Å². The number of hydrogen-bond donors (Lipinski definition) is 1. The number of ether oxygens (including phenoxy) is 2. The average molecular weight is 379 g/mol. The van der Waals surface area contributed by atoms with E-state index in [4.69, 9.17) is 9.47 Å². The molecule has 7 nitrogen and oxygen atoms in total. The van der Waals surface area contributed by atoms with Gasteiger partial charge in [-0.25, -0.2) is 4.98 Å². The fourth-order valence-corrected chi connectivity index (χ4v) is 3.53. The van der Waals surface area contributed by atoms with E-state index in [1.807, 2.05) is 48.0 Å². The highest BCUT2D eigenvalue weighted by Crippen LogP contribution is 2.40. The number of carbonyl (C=O) groups excluding carboxylic acids is 2. The van der Waals surface area contributed by atoms with E-state index in [-0.39, 0.29) is 23.7 Å². The number of amides is 1. The first-order chi connectivity index (χ1) is 13.5. The predicted octanol–water partition coefficient (Wildman–Crippen LogP) is 3.00. The molecule has 2 heterocycles. The Morgan fingerprint density at radius 3 is 2.71 bits per heavy atom. The molecular weight excluding hydrogens is 358 g/mol. The van der Waals surface area contributed by atoms with E-state index in [9.17, 15) is 9.59 Å².